The van der Waals surface area contributed by atoms with Crippen LogP contribution in [0, 0.1) is 18.3 Å². The van der Waals surface area contributed by atoms with E-state index in [0.29, 0.717) is 22.7 Å². The third-order valence-electron chi connectivity index (χ3n) is 3.91. The lowest BCUT2D eigenvalue weighted by Crippen LogP contribution is -2.15. The van der Waals surface area contributed by atoms with Crippen LogP contribution in [0.2, 0.25) is 0 Å². The zero-order valence-electron chi connectivity index (χ0n) is 15.1. The van der Waals surface area contributed by atoms with Gasteiger partial charge in [0.15, 0.2) is 12.4 Å². The van der Waals surface area contributed by atoms with Crippen LogP contribution in [0.4, 0.5) is 11.4 Å². The standard InChI is InChI=1S/C21H17N3O4/c1-14-4-5-15(13-18(14)24-21(26)19-3-2-11-28-19)20(25)23-16-6-8-17(9-7-16)27-12-10-22/h2-9,11,13H,12H2,1H3,(H,23,25)(H,24,26). The van der Waals surface area contributed by atoms with E-state index < -0.39 is 5.91 Å². The number of nitrogens with one attached hydrogen (secondary N) is 2. The maximum atomic E-state index is 12.5. The highest BCUT2D eigenvalue weighted by molar-refractivity contribution is 6.07. The number of nitrogens with zero attached hydrogens (tertiary/aromatic N) is 1. The molecule has 2 aromatic carbocycles. The zero-order valence-corrected chi connectivity index (χ0v) is 15.1. The number of anilines is 2. The first-order chi connectivity index (χ1) is 13.6. The lowest BCUT2D eigenvalue weighted by molar-refractivity contribution is 0.0993. The molecule has 0 fully saturated rings. The monoisotopic (exact) mass is 375 g/mol. The summed E-state index contributed by atoms with van der Waals surface area (Å²) in [5.74, 6) is 0.0172. The number of ether oxygens (including phenoxy) is 1. The van der Waals surface area contributed by atoms with Crippen molar-refractivity contribution in [3.05, 3.63) is 77.7 Å². The Kier molecular flexibility index (Phi) is 5.72. The molecule has 140 valence electrons. The van der Waals surface area contributed by atoms with Crippen molar-refractivity contribution < 1.29 is 18.7 Å². The van der Waals surface area contributed by atoms with Crippen molar-refractivity contribution in [2.24, 2.45) is 0 Å². The predicted octanol–water partition coefficient (Wildman–Crippen LogP) is 4.00. The molecule has 0 saturated carbocycles. The summed E-state index contributed by atoms with van der Waals surface area (Å²) >= 11 is 0. The molecular formula is C21H17N3O4. The zero-order chi connectivity index (χ0) is 19.9. The first-order valence-electron chi connectivity index (χ1n) is 8.43. The van der Waals surface area contributed by atoms with Crippen molar-refractivity contribution in [2.75, 3.05) is 17.2 Å². The summed E-state index contributed by atoms with van der Waals surface area (Å²) in [4.78, 5) is 24.7. The van der Waals surface area contributed by atoms with Crippen LogP contribution in [0.3, 0.4) is 0 Å². The van der Waals surface area contributed by atoms with Gasteiger partial charge in [0.25, 0.3) is 11.8 Å². The molecule has 0 aliphatic rings. The smallest absolute Gasteiger partial charge is 0.291 e. The third kappa shape index (κ3) is 4.56. The molecule has 3 rings (SSSR count). The molecule has 0 aliphatic carbocycles. The van der Waals surface area contributed by atoms with Crippen molar-refractivity contribution in [1.29, 1.82) is 5.26 Å². The van der Waals surface area contributed by atoms with E-state index >= 15 is 0 Å². The first kappa shape index (κ1) is 18.7. The summed E-state index contributed by atoms with van der Waals surface area (Å²) in [5.41, 5.74) is 2.31. The highest BCUT2D eigenvalue weighted by Crippen LogP contribution is 2.20. The van der Waals surface area contributed by atoms with E-state index in [-0.39, 0.29) is 18.3 Å². The van der Waals surface area contributed by atoms with Crippen molar-refractivity contribution in [3.63, 3.8) is 0 Å². The van der Waals surface area contributed by atoms with Gasteiger partial charge in [-0.2, -0.15) is 5.26 Å². The summed E-state index contributed by atoms with van der Waals surface area (Å²) in [6.07, 6.45) is 1.42. The second-order valence-electron chi connectivity index (χ2n) is 5.89. The Morgan fingerprint density at radius 3 is 2.54 bits per heavy atom. The Hall–Kier alpha value is -4.05. The molecule has 28 heavy (non-hydrogen) atoms. The van der Waals surface area contributed by atoms with Gasteiger partial charge in [0.05, 0.1) is 6.26 Å². The van der Waals surface area contributed by atoms with Gasteiger partial charge < -0.3 is 19.8 Å². The number of hydrogen-bond donors (Lipinski definition) is 2. The van der Waals surface area contributed by atoms with Gasteiger partial charge in [0.1, 0.15) is 11.8 Å². The van der Waals surface area contributed by atoms with Crippen LogP contribution < -0.4 is 15.4 Å². The number of nitriles is 1. The Morgan fingerprint density at radius 1 is 1.07 bits per heavy atom. The number of carbonyl (C=O) groups is 2. The fourth-order valence-corrected chi connectivity index (χ4v) is 2.44. The minimum absolute atomic E-state index is 0.0401. The van der Waals surface area contributed by atoms with E-state index in [1.165, 1.54) is 6.26 Å². The molecule has 7 nitrogen and oxygen atoms in total. The van der Waals surface area contributed by atoms with Gasteiger partial charge in [-0.05, 0) is 61.0 Å². The van der Waals surface area contributed by atoms with Crippen LogP contribution in [-0.2, 0) is 0 Å². The van der Waals surface area contributed by atoms with E-state index in [2.05, 4.69) is 10.6 Å². The molecule has 0 aliphatic heterocycles. The molecule has 1 aromatic heterocycles. The Morgan fingerprint density at radius 2 is 1.86 bits per heavy atom. The van der Waals surface area contributed by atoms with Gasteiger partial charge in [-0.1, -0.05) is 6.07 Å². The Labute approximate surface area is 161 Å². The average Bonchev–Trinajstić information content (AvgIpc) is 3.24. The topological polar surface area (TPSA) is 104 Å². The number of hydrogen-bond acceptors (Lipinski definition) is 5. The maximum Gasteiger partial charge on any atom is 0.291 e. The van der Waals surface area contributed by atoms with Gasteiger partial charge in [-0.3, -0.25) is 9.59 Å². The lowest BCUT2D eigenvalue weighted by Gasteiger charge is -2.11. The molecule has 3 aromatic rings. The Bertz CT molecular complexity index is 1020. The lowest BCUT2D eigenvalue weighted by atomic mass is 10.1. The summed E-state index contributed by atoms with van der Waals surface area (Å²) in [5, 5.41) is 14.0. The molecule has 2 N–H and O–H groups in total. The molecule has 0 bridgehead atoms. The quantitative estimate of drug-likeness (QED) is 0.678. The summed E-state index contributed by atoms with van der Waals surface area (Å²) in [7, 11) is 0. The molecule has 2 amide bonds. The van der Waals surface area contributed by atoms with Gasteiger partial charge in [-0.25, -0.2) is 0 Å². The van der Waals surface area contributed by atoms with E-state index in [9.17, 15) is 9.59 Å². The van der Waals surface area contributed by atoms with E-state index in [4.69, 9.17) is 14.4 Å². The van der Waals surface area contributed by atoms with Crippen LogP contribution in [0.5, 0.6) is 5.75 Å². The molecule has 1 heterocycles. The van der Waals surface area contributed by atoms with Crippen molar-refractivity contribution in [1.82, 2.24) is 0 Å². The van der Waals surface area contributed by atoms with Crippen molar-refractivity contribution in [2.45, 2.75) is 6.92 Å². The van der Waals surface area contributed by atoms with Crippen LogP contribution in [0.1, 0.15) is 26.5 Å². The summed E-state index contributed by atoms with van der Waals surface area (Å²) in [6, 6.07) is 16.8. The first-order valence-corrected chi connectivity index (χ1v) is 8.43. The Balaban J connectivity index is 1.70. The highest BCUT2D eigenvalue weighted by Gasteiger charge is 2.13. The highest BCUT2D eigenvalue weighted by atomic mass is 16.5. The van der Waals surface area contributed by atoms with Gasteiger partial charge in [0, 0.05) is 16.9 Å². The fraction of sp³-hybridized carbons (Fsp3) is 0.0952. The minimum Gasteiger partial charge on any atom is -0.479 e. The number of carbonyl (C=O) groups excluding carboxylic acids is 2. The predicted molar refractivity (Wildman–Crippen MR) is 103 cm³/mol. The molecule has 7 heteroatoms. The largest absolute Gasteiger partial charge is 0.479 e. The second kappa shape index (κ2) is 8.56. The third-order valence-corrected chi connectivity index (χ3v) is 3.91. The fourth-order valence-electron chi connectivity index (χ4n) is 2.44. The van der Waals surface area contributed by atoms with E-state index in [1.807, 2.05) is 13.0 Å². The van der Waals surface area contributed by atoms with Crippen molar-refractivity contribution >= 4 is 23.2 Å². The molecular weight excluding hydrogens is 358 g/mol. The molecule has 0 radical (unpaired) electrons. The SMILES string of the molecule is Cc1ccc(C(=O)Nc2ccc(OCC#N)cc2)cc1NC(=O)c1ccco1. The average molecular weight is 375 g/mol. The summed E-state index contributed by atoms with van der Waals surface area (Å²) in [6.45, 7) is 1.79. The van der Waals surface area contributed by atoms with Crippen molar-refractivity contribution in [3.8, 4) is 11.8 Å². The molecule has 0 spiro atoms. The second-order valence-corrected chi connectivity index (χ2v) is 5.89. The van der Waals surface area contributed by atoms with Crippen LogP contribution in [0.15, 0.2) is 65.3 Å². The normalized spacial score (nSPS) is 10.0. The van der Waals surface area contributed by atoms with Gasteiger partial charge >= 0.3 is 0 Å². The van der Waals surface area contributed by atoms with Crippen LogP contribution >= 0.6 is 0 Å². The van der Waals surface area contributed by atoms with E-state index in [0.717, 1.165) is 5.56 Å². The van der Waals surface area contributed by atoms with Gasteiger partial charge in [0.2, 0.25) is 0 Å². The summed E-state index contributed by atoms with van der Waals surface area (Å²) < 4.78 is 10.3. The van der Waals surface area contributed by atoms with Gasteiger partial charge in [-0.15, -0.1) is 0 Å². The van der Waals surface area contributed by atoms with E-state index in [1.54, 1.807) is 54.6 Å². The molecule has 0 unspecified atom stereocenters. The number of furan rings is 1. The van der Waals surface area contributed by atoms with Crippen LogP contribution in [0.25, 0.3) is 0 Å². The number of amides is 2. The number of benzene rings is 2. The maximum absolute atomic E-state index is 12.5. The van der Waals surface area contributed by atoms with Crippen LogP contribution in [-0.4, -0.2) is 18.4 Å². The number of aryl methyl sites for hydroxylation is 1. The minimum atomic E-state index is -0.390. The molecule has 0 saturated heterocycles. The number of rotatable bonds is 6. The molecule has 0 atom stereocenters.